The number of aryl methyl sites for hydroxylation is 1. The highest BCUT2D eigenvalue weighted by Crippen LogP contribution is 2.25. The molecule has 18 heavy (non-hydrogen) atoms. The summed E-state index contributed by atoms with van der Waals surface area (Å²) in [5.41, 5.74) is 1.62. The predicted octanol–water partition coefficient (Wildman–Crippen LogP) is 3.24. The third kappa shape index (κ3) is 3.11. The van der Waals surface area contributed by atoms with Gasteiger partial charge in [-0.25, -0.2) is 13.8 Å². The fourth-order valence-corrected chi connectivity index (χ4v) is 2.48. The molecule has 0 saturated carbocycles. The van der Waals surface area contributed by atoms with E-state index in [1.165, 1.54) is 17.4 Å². The van der Waals surface area contributed by atoms with Gasteiger partial charge in [0.05, 0.1) is 5.69 Å². The van der Waals surface area contributed by atoms with E-state index in [0.29, 0.717) is 5.56 Å². The normalized spacial score (nSPS) is 10.8. The maximum absolute atomic E-state index is 13.1. The molecule has 2 nitrogen and oxygen atoms in total. The van der Waals surface area contributed by atoms with Crippen LogP contribution in [0.15, 0.2) is 23.6 Å². The summed E-state index contributed by atoms with van der Waals surface area (Å²) in [6.07, 6.45) is 1.90. The minimum atomic E-state index is -0.834. The Balaban J connectivity index is 2.11. The molecule has 2 rings (SSSR count). The van der Waals surface area contributed by atoms with Gasteiger partial charge in [0.15, 0.2) is 11.6 Å². The van der Waals surface area contributed by atoms with Crippen LogP contribution in [0.1, 0.15) is 12.1 Å². The molecule has 96 valence electrons. The number of thiazole rings is 1. The zero-order valence-corrected chi connectivity index (χ0v) is 10.9. The average Bonchev–Trinajstić information content (AvgIpc) is 2.82. The van der Waals surface area contributed by atoms with Crippen LogP contribution < -0.4 is 5.32 Å². The first-order valence-corrected chi connectivity index (χ1v) is 6.63. The van der Waals surface area contributed by atoms with Crippen LogP contribution in [-0.4, -0.2) is 18.6 Å². The lowest BCUT2D eigenvalue weighted by Gasteiger charge is -1.98. The van der Waals surface area contributed by atoms with Gasteiger partial charge in [-0.1, -0.05) is 0 Å². The molecule has 0 atom stereocenters. The Labute approximate surface area is 109 Å². The largest absolute Gasteiger partial charge is 0.320 e. The Morgan fingerprint density at radius 3 is 2.83 bits per heavy atom. The molecule has 1 aromatic heterocycles. The number of rotatable bonds is 5. The molecule has 0 aliphatic rings. The summed E-state index contributed by atoms with van der Waals surface area (Å²) in [7, 11) is 1.91. The van der Waals surface area contributed by atoms with E-state index in [9.17, 15) is 8.78 Å². The van der Waals surface area contributed by atoms with Crippen molar-refractivity contribution in [3.8, 4) is 10.6 Å². The summed E-state index contributed by atoms with van der Waals surface area (Å²) in [5, 5.41) is 5.77. The molecule has 0 fully saturated rings. The van der Waals surface area contributed by atoms with Crippen molar-refractivity contribution in [2.24, 2.45) is 0 Å². The standard InChI is InChI=1S/C13H14F2N2S/c1-16-6-2-3-10-8-18-13(17-10)9-4-5-11(14)12(15)7-9/h4-5,7-8,16H,2-3,6H2,1H3. The molecule has 0 radical (unpaired) electrons. The minimum absolute atomic E-state index is 0.624. The molecule has 5 heteroatoms. The van der Waals surface area contributed by atoms with E-state index in [0.717, 1.165) is 36.2 Å². The number of hydrogen-bond donors (Lipinski definition) is 1. The Kier molecular flexibility index (Phi) is 4.38. The number of nitrogens with zero attached hydrogens (tertiary/aromatic N) is 1. The van der Waals surface area contributed by atoms with E-state index in [1.807, 2.05) is 12.4 Å². The molecule has 0 aliphatic heterocycles. The Hall–Kier alpha value is -1.33. The Morgan fingerprint density at radius 1 is 1.28 bits per heavy atom. The highest BCUT2D eigenvalue weighted by molar-refractivity contribution is 7.13. The fourth-order valence-electron chi connectivity index (χ4n) is 1.63. The lowest BCUT2D eigenvalue weighted by atomic mass is 10.2. The first kappa shape index (κ1) is 13.1. The second-order valence-electron chi connectivity index (χ2n) is 3.98. The molecule has 2 aromatic rings. The lowest BCUT2D eigenvalue weighted by Crippen LogP contribution is -2.08. The number of benzene rings is 1. The second kappa shape index (κ2) is 6.02. The SMILES string of the molecule is CNCCCc1csc(-c2ccc(F)c(F)c2)n1. The number of nitrogens with one attached hydrogen (secondary N) is 1. The highest BCUT2D eigenvalue weighted by atomic mass is 32.1. The predicted molar refractivity (Wildman–Crippen MR) is 69.7 cm³/mol. The van der Waals surface area contributed by atoms with Gasteiger partial charge >= 0.3 is 0 Å². The summed E-state index contributed by atoms with van der Waals surface area (Å²) < 4.78 is 25.9. The molecule has 0 aliphatic carbocycles. The molecule has 1 N–H and O–H groups in total. The van der Waals surface area contributed by atoms with Gasteiger partial charge in [-0.05, 0) is 44.6 Å². The Bertz CT molecular complexity index is 525. The van der Waals surface area contributed by atoms with Crippen LogP contribution >= 0.6 is 11.3 Å². The van der Waals surface area contributed by atoms with Crippen LogP contribution in [0.2, 0.25) is 0 Å². The average molecular weight is 268 g/mol. The quantitative estimate of drug-likeness (QED) is 0.842. The summed E-state index contributed by atoms with van der Waals surface area (Å²) in [6.45, 7) is 0.942. The maximum atomic E-state index is 13.1. The third-order valence-electron chi connectivity index (χ3n) is 2.58. The fraction of sp³-hybridized carbons (Fsp3) is 0.308. The minimum Gasteiger partial charge on any atom is -0.320 e. The van der Waals surface area contributed by atoms with Crippen LogP contribution in [-0.2, 0) is 6.42 Å². The third-order valence-corrected chi connectivity index (χ3v) is 3.52. The molecule has 0 amide bonds. The van der Waals surface area contributed by atoms with Crippen molar-refractivity contribution in [1.82, 2.24) is 10.3 Å². The van der Waals surface area contributed by atoms with Gasteiger partial charge in [0.1, 0.15) is 5.01 Å². The highest BCUT2D eigenvalue weighted by Gasteiger charge is 2.08. The van der Waals surface area contributed by atoms with E-state index in [1.54, 1.807) is 6.07 Å². The van der Waals surface area contributed by atoms with E-state index < -0.39 is 11.6 Å². The molecule has 0 saturated heterocycles. The first-order valence-electron chi connectivity index (χ1n) is 5.75. The zero-order chi connectivity index (χ0) is 13.0. The van der Waals surface area contributed by atoms with E-state index in [-0.39, 0.29) is 0 Å². The van der Waals surface area contributed by atoms with Gasteiger partial charge in [-0.15, -0.1) is 11.3 Å². The molecule has 1 heterocycles. The first-order chi connectivity index (χ1) is 8.70. The number of hydrogen-bond acceptors (Lipinski definition) is 3. The van der Waals surface area contributed by atoms with Crippen LogP contribution in [0.3, 0.4) is 0 Å². The monoisotopic (exact) mass is 268 g/mol. The molecule has 1 aromatic carbocycles. The molecule has 0 bridgehead atoms. The van der Waals surface area contributed by atoms with Gasteiger partial charge in [-0.3, -0.25) is 0 Å². The van der Waals surface area contributed by atoms with Crippen LogP contribution in [0, 0.1) is 11.6 Å². The van der Waals surface area contributed by atoms with Gasteiger partial charge in [0, 0.05) is 10.9 Å². The van der Waals surface area contributed by atoms with Gasteiger partial charge in [0.2, 0.25) is 0 Å². The van der Waals surface area contributed by atoms with Crippen LogP contribution in [0.4, 0.5) is 8.78 Å². The van der Waals surface area contributed by atoms with Crippen molar-refractivity contribution in [1.29, 1.82) is 0 Å². The van der Waals surface area contributed by atoms with E-state index in [2.05, 4.69) is 10.3 Å². The summed E-state index contributed by atoms with van der Waals surface area (Å²) in [5.74, 6) is -1.66. The zero-order valence-electron chi connectivity index (χ0n) is 10.0. The lowest BCUT2D eigenvalue weighted by molar-refractivity contribution is 0.509. The van der Waals surface area contributed by atoms with Gasteiger partial charge in [-0.2, -0.15) is 0 Å². The number of halogens is 2. The summed E-state index contributed by atoms with van der Waals surface area (Å²) >= 11 is 1.45. The smallest absolute Gasteiger partial charge is 0.159 e. The van der Waals surface area contributed by atoms with Crippen LogP contribution in [0.25, 0.3) is 10.6 Å². The summed E-state index contributed by atoms with van der Waals surface area (Å²) in [4.78, 5) is 4.42. The van der Waals surface area contributed by atoms with Crippen molar-refractivity contribution in [3.63, 3.8) is 0 Å². The topological polar surface area (TPSA) is 24.9 Å². The Morgan fingerprint density at radius 2 is 2.11 bits per heavy atom. The van der Waals surface area contributed by atoms with Crippen molar-refractivity contribution < 1.29 is 8.78 Å². The molecule has 0 spiro atoms. The van der Waals surface area contributed by atoms with Gasteiger partial charge < -0.3 is 5.32 Å². The van der Waals surface area contributed by atoms with Crippen molar-refractivity contribution in [2.75, 3.05) is 13.6 Å². The van der Waals surface area contributed by atoms with Crippen molar-refractivity contribution >= 4 is 11.3 Å². The maximum Gasteiger partial charge on any atom is 0.159 e. The van der Waals surface area contributed by atoms with Crippen LogP contribution in [0.5, 0.6) is 0 Å². The van der Waals surface area contributed by atoms with Crippen molar-refractivity contribution in [3.05, 3.63) is 40.9 Å². The molecular weight excluding hydrogens is 254 g/mol. The van der Waals surface area contributed by atoms with E-state index in [4.69, 9.17) is 0 Å². The second-order valence-corrected chi connectivity index (χ2v) is 4.84. The van der Waals surface area contributed by atoms with Crippen molar-refractivity contribution in [2.45, 2.75) is 12.8 Å². The molecular formula is C13H14F2N2S. The van der Waals surface area contributed by atoms with E-state index >= 15 is 0 Å². The van der Waals surface area contributed by atoms with Gasteiger partial charge in [0.25, 0.3) is 0 Å². The number of aromatic nitrogens is 1. The molecule has 0 unspecified atom stereocenters. The summed E-state index contributed by atoms with van der Waals surface area (Å²) in [6, 6.07) is 3.87.